The highest BCUT2D eigenvalue weighted by Crippen LogP contribution is 2.56. The SMILES string of the molecule is COc1cc2c(c(OC)c1OC)C(O)c1c(cc(OC)c(OC)c1OC)C2O. The first-order chi connectivity index (χ1) is 13.5. The lowest BCUT2D eigenvalue weighted by molar-refractivity contribution is 0.162. The molecule has 0 unspecified atom stereocenters. The van der Waals surface area contributed by atoms with Crippen LogP contribution >= 0.6 is 0 Å². The first-order valence-electron chi connectivity index (χ1n) is 8.50. The zero-order valence-corrected chi connectivity index (χ0v) is 16.7. The van der Waals surface area contributed by atoms with Crippen LogP contribution in [0.1, 0.15) is 34.5 Å². The van der Waals surface area contributed by atoms with Gasteiger partial charge in [-0.25, -0.2) is 0 Å². The summed E-state index contributed by atoms with van der Waals surface area (Å²) in [5.41, 5.74) is 1.60. The number of hydrogen-bond acceptors (Lipinski definition) is 8. The Balaban J connectivity index is 2.39. The number of hydrogen-bond donors (Lipinski definition) is 2. The molecule has 28 heavy (non-hydrogen) atoms. The van der Waals surface area contributed by atoms with E-state index >= 15 is 0 Å². The van der Waals surface area contributed by atoms with Gasteiger partial charge in [0.1, 0.15) is 12.2 Å². The quantitative estimate of drug-likeness (QED) is 0.773. The molecule has 8 nitrogen and oxygen atoms in total. The summed E-state index contributed by atoms with van der Waals surface area (Å²) in [6, 6.07) is 3.24. The molecule has 1 aliphatic rings. The van der Waals surface area contributed by atoms with Gasteiger partial charge in [0.15, 0.2) is 23.0 Å². The van der Waals surface area contributed by atoms with Crippen LogP contribution in [0.25, 0.3) is 0 Å². The minimum atomic E-state index is -1.17. The second kappa shape index (κ2) is 7.65. The van der Waals surface area contributed by atoms with Gasteiger partial charge in [-0.1, -0.05) is 0 Å². The first kappa shape index (κ1) is 19.9. The number of aliphatic hydroxyl groups excluding tert-OH is 2. The predicted molar refractivity (Wildman–Crippen MR) is 100 cm³/mol. The van der Waals surface area contributed by atoms with Crippen LogP contribution in [0, 0.1) is 0 Å². The summed E-state index contributed by atoms with van der Waals surface area (Å²) in [7, 11) is 8.83. The van der Waals surface area contributed by atoms with Crippen molar-refractivity contribution in [1.29, 1.82) is 0 Å². The van der Waals surface area contributed by atoms with Gasteiger partial charge in [0.25, 0.3) is 0 Å². The molecule has 0 fully saturated rings. The van der Waals surface area contributed by atoms with Gasteiger partial charge in [-0.05, 0) is 23.3 Å². The van der Waals surface area contributed by atoms with E-state index in [1.165, 1.54) is 42.7 Å². The molecule has 8 heteroatoms. The Labute approximate surface area is 163 Å². The predicted octanol–water partition coefficient (Wildman–Crippen LogP) is 2.22. The van der Waals surface area contributed by atoms with Gasteiger partial charge in [0, 0.05) is 11.1 Å². The number of aliphatic hydroxyl groups is 2. The zero-order valence-electron chi connectivity index (χ0n) is 16.7. The van der Waals surface area contributed by atoms with E-state index in [0.717, 1.165) is 0 Å². The van der Waals surface area contributed by atoms with Crippen LogP contribution in [-0.2, 0) is 0 Å². The van der Waals surface area contributed by atoms with Gasteiger partial charge in [-0.3, -0.25) is 0 Å². The molecule has 2 aromatic rings. The molecule has 0 amide bonds. The standard InChI is InChI=1S/C20H24O8/c1-23-11-7-9-13(19(27-5)17(11)25-3)16(22)14-10(15(9)21)8-12(24-2)18(26-4)20(14)28-6/h7-8,15-16,21-22H,1-6H3. The molecular weight excluding hydrogens is 368 g/mol. The summed E-state index contributed by atoms with van der Waals surface area (Å²) < 4.78 is 32.6. The van der Waals surface area contributed by atoms with E-state index in [-0.39, 0.29) is 11.5 Å². The molecule has 0 heterocycles. The summed E-state index contributed by atoms with van der Waals surface area (Å²) in [5, 5.41) is 22.4. The van der Waals surface area contributed by atoms with Crippen molar-refractivity contribution in [3.8, 4) is 34.5 Å². The Morgan fingerprint density at radius 2 is 0.893 bits per heavy atom. The van der Waals surface area contributed by atoms with E-state index in [0.29, 0.717) is 45.3 Å². The molecule has 0 aliphatic heterocycles. The summed E-state index contributed by atoms with van der Waals surface area (Å²) in [6.45, 7) is 0. The summed E-state index contributed by atoms with van der Waals surface area (Å²) in [4.78, 5) is 0. The van der Waals surface area contributed by atoms with E-state index in [1.807, 2.05) is 0 Å². The molecule has 2 N–H and O–H groups in total. The highest BCUT2D eigenvalue weighted by Gasteiger charge is 2.40. The van der Waals surface area contributed by atoms with E-state index in [2.05, 4.69) is 0 Å². The Bertz CT molecular complexity index is 821. The van der Waals surface area contributed by atoms with Gasteiger partial charge in [-0.2, -0.15) is 0 Å². The van der Waals surface area contributed by atoms with E-state index in [1.54, 1.807) is 12.1 Å². The maximum atomic E-state index is 11.3. The van der Waals surface area contributed by atoms with Crippen molar-refractivity contribution < 1.29 is 38.6 Å². The molecule has 0 spiro atoms. The molecule has 0 aromatic heterocycles. The number of benzene rings is 2. The van der Waals surface area contributed by atoms with Crippen molar-refractivity contribution >= 4 is 0 Å². The number of methoxy groups -OCH3 is 6. The molecule has 0 radical (unpaired) electrons. The molecule has 0 saturated heterocycles. The van der Waals surface area contributed by atoms with Crippen LogP contribution in [0.4, 0.5) is 0 Å². The molecule has 0 bridgehead atoms. The average molecular weight is 392 g/mol. The Kier molecular flexibility index (Phi) is 5.44. The van der Waals surface area contributed by atoms with E-state index in [4.69, 9.17) is 28.4 Å². The van der Waals surface area contributed by atoms with Crippen LogP contribution < -0.4 is 28.4 Å². The van der Waals surface area contributed by atoms with Crippen molar-refractivity contribution in [3.63, 3.8) is 0 Å². The number of fused-ring (bicyclic) bond motifs is 2. The lowest BCUT2D eigenvalue weighted by Gasteiger charge is -2.33. The maximum absolute atomic E-state index is 11.3. The minimum Gasteiger partial charge on any atom is -0.493 e. The Hall–Kier alpha value is -2.84. The number of rotatable bonds is 6. The lowest BCUT2D eigenvalue weighted by atomic mass is 9.80. The normalized spacial score (nSPS) is 17.3. The van der Waals surface area contributed by atoms with Crippen molar-refractivity contribution in [3.05, 3.63) is 34.4 Å². The fourth-order valence-corrected chi connectivity index (χ4v) is 3.72. The monoisotopic (exact) mass is 392 g/mol. The summed E-state index contributed by atoms with van der Waals surface area (Å²) >= 11 is 0. The molecule has 0 saturated carbocycles. The van der Waals surface area contributed by atoms with E-state index < -0.39 is 12.2 Å². The summed E-state index contributed by atoms with van der Waals surface area (Å²) in [5.74, 6) is 1.92. The van der Waals surface area contributed by atoms with Crippen molar-refractivity contribution in [2.24, 2.45) is 0 Å². The van der Waals surface area contributed by atoms with Gasteiger partial charge in [0.05, 0.1) is 42.7 Å². The highest BCUT2D eigenvalue weighted by molar-refractivity contribution is 5.70. The fourth-order valence-electron chi connectivity index (χ4n) is 3.72. The highest BCUT2D eigenvalue weighted by atomic mass is 16.5. The second-order valence-electron chi connectivity index (χ2n) is 6.10. The molecule has 1 aliphatic carbocycles. The molecular formula is C20H24O8. The zero-order chi connectivity index (χ0) is 20.6. The van der Waals surface area contributed by atoms with Gasteiger partial charge < -0.3 is 38.6 Å². The molecule has 2 aromatic carbocycles. The molecule has 152 valence electrons. The largest absolute Gasteiger partial charge is 0.493 e. The van der Waals surface area contributed by atoms with Crippen LogP contribution in [-0.4, -0.2) is 52.9 Å². The topological polar surface area (TPSA) is 95.8 Å². The lowest BCUT2D eigenvalue weighted by Crippen LogP contribution is -2.21. The first-order valence-corrected chi connectivity index (χ1v) is 8.50. The second-order valence-corrected chi connectivity index (χ2v) is 6.10. The van der Waals surface area contributed by atoms with Gasteiger partial charge in [-0.15, -0.1) is 0 Å². The Morgan fingerprint density at radius 1 is 0.536 bits per heavy atom. The smallest absolute Gasteiger partial charge is 0.203 e. The van der Waals surface area contributed by atoms with Gasteiger partial charge >= 0.3 is 0 Å². The Morgan fingerprint density at radius 3 is 1.18 bits per heavy atom. The van der Waals surface area contributed by atoms with Crippen LogP contribution in [0.5, 0.6) is 34.5 Å². The fraction of sp³-hybridized carbons (Fsp3) is 0.400. The molecule has 3 rings (SSSR count). The minimum absolute atomic E-state index is 0.269. The van der Waals surface area contributed by atoms with E-state index in [9.17, 15) is 10.2 Å². The number of ether oxygens (including phenoxy) is 6. The summed E-state index contributed by atoms with van der Waals surface area (Å²) in [6.07, 6.45) is -2.26. The van der Waals surface area contributed by atoms with Crippen LogP contribution in [0.2, 0.25) is 0 Å². The van der Waals surface area contributed by atoms with Crippen molar-refractivity contribution in [1.82, 2.24) is 0 Å². The third-order valence-corrected chi connectivity index (χ3v) is 4.94. The third-order valence-electron chi connectivity index (χ3n) is 4.94. The van der Waals surface area contributed by atoms with Crippen molar-refractivity contribution in [2.75, 3.05) is 42.7 Å². The maximum Gasteiger partial charge on any atom is 0.203 e. The van der Waals surface area contributed by atoms with Crippen LogP contribution in [0.3, 0.4) is 0 Å². The van der Waals surface area contributed by atoms with Gasteiger partial charge in [0.2, 0.25) is 11.5 Å². The third kappa shape index (κ3) is 2.68. The van der Waals surface area contributed by atoms with Crippen LogP contribution in [0.15, 0.2) is 12.1 Å². The van der Waals surface area contributed by atoms with Crippen molar-refractivity contribution in [2.45, 2.75) is 12.2 Å². The average Bonchev–Trinajstić information content (AvgIpc) is 2.73. The molecule has 0 atom stereocenters.